The molecule has 0 N–H and O–H groups in total. The highest BCUT2D eigenvalue weighted by Crippen LogP contribution is 2.37. The number of anilines is 3. The van der Waals surface area contributed by atoms with Crippen molar-refractivity contribution in [1.82, 2.24) is 0 Å². The second-order valence-electron chi connectivity index (χ2n) is 6.73. The Bertz CT molecular complexity index is 1150. The minimum absolute atomic E-state index is 1.16. The van der Waals surface area contributed by atoms with Crippen LogP contribution in [0.1, 0.15) is 13.8 Å². The maximum Gasteiger partial charge on any atom is 0.0468 e. The summed E-state index contributed by atoms with van der Waals surface area (Å²) in [4.78, 5) is 2.32. The predicted molar refractivity (Wildman–Crippen MR) is 127 cm³/mol. The van der Waals surface area contributed by atoms with E-state index in [0.29, 0.717) is 0 Å². The molecule has 0 fully saturated rings. The van der Waals surface area contributed by atoms with Crippen LogP contribution < -0.4 is 4.90 Å². The van der Waals surface area contributed by atoms with E-state index in [1.54, 1.807) is 0 Å². The molecule has 0 saturated heterocycles. The Morgan fingerprint density at radius 1 is 0.379 bits per heavy atom. The van der Waals surface area contributed by atoms with Crippen molar-refractivity contribution in [2.24, 2.45) is 0 Å². The smallest absolute Gasteiger partial charge is 0.0468 e. The lowest BCUT2D eigenvalue weighted by atomic mass is 10.1. The van der Waals surface area contributed by atoms with Crippen LogP contribution >= 0.6 is 0 Å². The monoisotopic (exact) mass is 375 g/mol. The molecule has 142 valence electrons. The molecular weight excluding hydrogens is 350 g/mol. The summed E-state index contributed by atoms with van der Waals surface area (Å²) in [5.74, 6) is 0. The number of benzene rings is 5. The molecule has 0 saturated carbocycles. The van der Waals surface area contributed by atoms with E-state index in [0.717, 1.165) is 17.1 Å². The van der Waals surface area contributed by atoms with Gasteiger partial charge in [0.2, 0.25) is 0 Å². The SMILES string of the molecule is CC.c1ccc(N(c2ccc3ccccc3c2)c2ccc3ccccc3c2)cc1. The van der Waals surface area contributed by atoms with Gasteiger partial charge in [0.25, 0.3) is 0 Å². The Balaban J connectivity index is 0.000000994. The van der Waals surface area contributed by atoms with Gasteiger partial charge in [-0.1, -0.05) is 92.7 Å². The summed E-state index contributed by atoms with van der Waals surface area (Å²) in [5.41, 5.74) is 3.48. The Labute approximate surface area is 172 Å². The van der Waals surface area contributed by atoms with Crippen molar-refractivity contribution in [3.8, 4) is 0 Å². The lowest BCUT2D eigenvalue weighted by Crippen LogP contribution is -2.09. The van der Waals surface area contributed by atoms with Gasteiger partial charge >= 0.3 is 0 Å². The molecule has 0 aliphatic carbocycles. The molecule has 0 bridgehead atoms. The number of rotatable bonds is 3. The van der Waals surface area contributed by atoms with E-state index in [1.165, 1.54) is 21.5 Å². The largest absolute Gasteiger partial charge is 0.310 e. The van der Waals surface area contributed by atoms with Gasteiger partial charge in [0.15, 0.2) is 0 Å². The first-order chi connectivity index (χ1) is 14.4. The summed E-state index contributed by atoms with van der Waals surface area (Å²) >= 11 is 0. The minimum atomic E-state index is 1.16. The van der Waals surface area contributed by atoms with Crippen LogP contribution in [0.3, 0.4) is 0 Å². The molecule has 0 spiro atoms. The highest BCUT2D eigenvalue weighted by atomic mass is 15.1. The third kappa shape index (κ3) is 3.86. The van der Waals surface area contributed by atoms with E-state index in [2.05, 4.69) is 120 Å². The fraction of sp³-hybridized carbons (Fsp3) is 0.0714. The van der Waals surface area contributed by atoms with Crippen LogP contribution in [0.25, 0.3) is 21.5 Å². The molecule has 0 radical (unpaired) electrons. The molecular formula is C28H25N. The van der Waals surface area contributed by atoms with E-state index in [-0.39, 0.29) is 0 Å². The zero-order valence-corrected chi connectivity index (χ0v) is 16.9. The molecule has 1 heteroatoms. The minimum Gasteiger partial charge on any atom is -0.310 e. The van der Waals surface area contributed by atoms with E-state index in [9.17, 15) is 0 Å². The zero-order chi connectivity index (χ0) is 20.1. The second kappa shape index (κ2) is 8.62. The Kier molecular flexibility index (Phi) is 5.58. The van der Waals surface area contributed by atoms with Crippen LogP contribution in [0.5, 0.6) is 0 Å². The van der Waals surface area contributed by atoms with Gasteiger partial charge in [-0.25, -0.2) is 0 Å². The first-order valence-electron chi connectivity index (χ1n) is 10.2. The maximum absolute atomic E-state index is 2.32. The van der Waals surface area contributed by atoms with E-state index >= 15 is 0 Å². The van der Waals surface area contributed by atoms with Crippen molar-refractivity contribution < 1.29 is 0 Å². The molecule has 0 atom stereocenters. The van der Waals surface area contributed by atoms with Gasteiger partial charge in [0, 0.05) is 17.1 Å². The molecule has 1 nitrogen and oxygen atoms in total. The first-order valence-corrected chi connectivity index (χ1v) is 10.2. The number of para-hydroxylation sites is 1. The number of fused-ring (bicyclic) bond motifs is 2. The molecule has 29 heavy (non-hydrogen) atoms. The molecule has 0 amide bonds. The van der Waals surface area contributed by atoms with Crippen molar-refractivity contribution in [1.29, 1.82) is 0 Å². The third-order valence-electron chi connectivity index (χ3n) is 5.00. The van der Waals surface area contributed by atoms with E-state index < -0.39 is 0 Å². The van der Waals surface area contributed by atoms with Gasteiger partial charge in [-0.3, -0.25) is 0 Å². The molecule has 0 heterocycles. The summed E-state index contributed by atoms with van der Waals surface area (Å²) in [7, 11) is 0. The maximum atomic E-state index is 2.32. The van der Waals surface area contributed by atoms with Crippen molar-refractivity contribution in [2.45, 2.75) is 13.8 Å². The van der Waals surface area contributed by atoms with Crippen molar-refractivity contribution in [2.75, 3.05) is 4.90 Å². The molecule has 5 aromatic rings. The Hall–Kier alpha value is -3.58. The third-order valence-corrected chi connectivity index (χ3v) is 5.00. The van der Waals surface area contributed by atoms with Crippen LogP contribution in [0, 0.1) is 0 Å². The normalized spacial score (nSPS) is 10.4. The van der Waals surface area contributed by atoms with Crippen molar-refractivity contribution in [3.05, 3.63) is 115 Å². The Morgan fingerprint density at radius 3 is 1.28 bits per heavy atom. The van der Waals surface area contributed by atoms with Crippen LogP contribution in [-0.4, -0.2) is 0 Å². The van der Waals surface area contributed by atoms with Gasteiger partial charge in [0.05, 0.1) is 0 Å². The Morgan fingerprint density at radius 2 is 0.793 bits per heavy atom. The molecule has 0 aliphatic heterocycles. The standard InChI is InChI=1S/C26H19N.C2H6/c1-2-12-24(13-3-1)27(25-16-14-20-8-4-6-10-22(20)18-25)26-17-15-21-9-5-7-11-23(21)19-26;1-2/h1-19H;1-2H3. The van der Waals surface area contributed by atoms with Crippen LogP contribution in [-0.2, 0) is 0 Å². The lowest BCUT2D eigenvalue weighted by Gasteiger charge is -2.26. The van der Waals surface area contributed by atoms with Gasteiger partial charge in [-0.05, 0) is 57.9 Å². The van der Waals surface area contributed by atoms with Gasteiger partial charge in [-0.2, -0.15) is 0 Å². The van der Waals surface area contributed by atoms with Gasteiger partial charge < -0.3 is 4.90 Å². The molecule has 0 aliphatic rings. The summed E-state index contributed by atoms with van der Waals surface area (Å²) in [6, 6.07) is 40.9. The summed E-state index contributed by atoms with van der Waals surface area (Å²) in [6.45, 7) is 4.00. The second-order valence-corrected chi connectivity index (χ2v) is 6.73. The number of hydrogen-bond acceptors (Lipinski definition) is 1. The summed E-state index contributed by atoms with van der Waals surface area (Å²) in [5, 5.41) is 5.01. The van der Waals surface area contributed by atoms with Gasteiger partial charge in [-0.15, -0.1) is 0 Å². The molecule has 0 aromatic heterocycles. The average Bonchev–Trinajstić information content (AvgIpc) is 2.81. The fourth-order valence-electron chi connectivity index (χ4n) is 3.66. The van der Waals surface area contributed by atoms with Crippen LogP contribution in [0.2, 0.25) is 0 Å². The van der Waals surface area contributed by atoms with Crippen molar-refractivity contribution >= 4 is 38.6 Å². The zero-order valence-electron chi connectivity index (χ0n) is 16.9. The van der Waals surface area contributed by atoms with Crippen LogP contribution in [0.4, 0.5) is 17.1 Å². The molecule has 0 unspecified atom stereocenters. The van der Waals surface area contributed by atoms with Crippen molar-refractivity contribution in [3.63, 3.8) is 0 Å². The number of hydrogen-bond donors (Lipinski definition) is 0. The topological polar surface area (TPSA) is 3.24 Å². The molecule has 5 aromatic carbocycles. The van der Waals surface area contributed by atoms with Crippen LogP contribution in [0.15, 0.2) is 115 Å². The first kappa shape index (κ1) is 18.8. The number of nitrogens with zero attached hydrogens (tertiary/aromatic N) is 1. The lowest BCUT2D eigenvalue weighted by molar-refractivity contribution is 1.29. The predicted octanol–water partition coefficient (Wildman–Crippen LogP) is 8.49. The summed E-state index contributed by atoms with van der Waals surface area (Å²) < 4.78 is 0. The van der Waals surface area contributed by atoms with E-state index in [4.69, 9.17) is 0 Å². The quantitative estimate of drug-likeness (QED) is 0.305. The molecule has 5 rings (SSSR count). The van der Waals surface area contributed by atoms with E-state index in [1.807, 2.05) is 13.8 Å². The van der Waals surface area contributed by atoms with Gasteiger partial charge in [0.1, 0.15) is 0 Å². The average molecular weight is 376 g/mol. The summed E-state index contributed by atoms with van der Waals surface area (Å²) in [6.07, 6.45) is 0. The highest BCUT2D eigenvalue weighted by Gasteiger charge is 2.13. The highest BCUT2D eigenvalue weighted by molar-refractivity contribution is 5.92. The fourth-order valence-corrected chi connectivity index (χ4v) is 3.66.